The fraction of sp³-hybridized carbons (Fsp3) is 0.421. The van der Waals surface area contributed by atoms with E-state index in [-0.39, 0.29) is 17.2 Å². The van der Waals surface area contributed by atoms with Crippen LogP contribution in [0.15, 0.2) is 29.1 Å². The lowest BCUT2D eigenvalue weighted by Gasteiger charge is -2.31. The number of nitrogens with zero attached hydrogens (tertiary/aromatic N) is 5. The first kappa shape index (κ1) is 18.1. The van der Waals surface area contributed by atoms with Gasteiger partial charge in [0.05, 0.1) is 18.0 Å². The zero-order valence-electron chi connectivity index (χ0n) is 15.9. The van der Waals surface area contributed by atoms with Gasteiger partial charge in [-0.1, -0.05) is 0 Å². The Bertz CT molecular complexity index is 1040. The summed E-state index contributed by atoms with van der Waals surface area (Å²) in [6, 6.07) is 6.51. The van der Waals surface area contributed by atoms with Crippen molar-refractivity contribution in [1.82, 2.24) is 29.7 Å². The van der Waals surface area contributed by atoms with Crippen LogP contribution in [0, 0.1) is 19.8 Å². The molecule has 9 nitrogen and oxygen atoms in total. The largest absolute Gasteiger partial charge is 0.476 e. The number of nitrogens with one attached hydrogen (secondary N) is 1. The van der Waals surface area contributed by atoms with Gasteiger partial charge in [-0.15, -0.1) is 5.10 Å². The van der Waals surface area contributed by atoms with E-state index < -0.39 is 0 Å². The summed E-state index contributed by atoms with van der Waals surface area (Å²) in [4.78, 5) is 29.7. The molecule has 1 saturated heterocycles. The first-order valence-corrected chi connectivity index (χ1v) is 9.32. The second-order valence-corrected chi connectivity index (χ2v) is 7.08. The minimum Gasteiger partial charge on any atom is -0.476 e. The molecule has 0 bridgehead atoms. The highest BCUT2D eigenvalue weighted by molar-refractivity contribution is 5.92. The van der Waals surface area contributed by atoms with Crippen molar-refractivity contribution in [3.8, 4) is 5.88 Å². The van der Waals surface area contributed by atoms with Crippen LogP contribution in [0.3, 0.4) is 0 Å². The van der Waals surface area contributed by atoms with E-state index >= 15 is 0 Å². The lowest BCUT2D eigenvalue weighted by atomic mass is 9.97. The molecule has 9 heteroatoms. The molecule has 146 valence electrons. The maximum Gasteiger partial charge on any atom is 0.274 e. The highest BCUT2D eigenvalue weighted by Gasteiger charge is 2.25. The predicted octanol–water partition coefficient (Wildman–Crippen LogP) is 1.36. The summed E-state index contributed by atoms with van der Waals surface area (Å²) in [5.41, 5.74) is 2.71. The topological polar surface area (TPSA) is 105 Å². The first-order valence-electron chi connectivity index (χ1n) is 9.32. The highest BCUT2D eigenvalue weighted by atomic mass is 16.5. The van der Waals surface area contributed by atoms with Gasteiger partial charge in [-0.3, -0.25) is 9.59 Å². The first-order chi connectivity index (χ1) is 13.5. The number of hydrogen-bond donors (Lipinski definition) is 1. The highest BCUT2D eigenvalue weighted by Crippen LogP contribution is 2.20. The molecule has 4 heterocycles. The van der Waals surface area contributed by atoms with E-state index in [1.807, 2.05) is 26.0 Å². The van der Waals surface area contributed by atoms with Crippen LogP contribution < -0.4 is 10.3 Å². The van der Waals surface area contributed by atoms with Crippen LogP contribution in [0.2, 0.25) is 0 Å². The summed E-state index contributed by atoms with van der Waals surface area (Å²) in [6.07, 6.45) is 1.70. The molecule has 0 spiro atoms. The van der Waals surface area contributed by atoms with Gasteiger partial charge < -0.3 is 9.64 Å². The fourth-order valence-corrected chi connectivity index (χ4v) is 3.35. The third kappa shape index (κ3) is 3.60. The zero-order chi connectivity index (χ0) is 19.7. The maximum absolute atomic E-state index is 12.4. The molecular weight excluding hydrogens is 360 g/mol. The molecule has 1 amide bonds. The molecular formula is C19H22N6O3. The van der Waals surface area contributed by atoms with Gasteiger partial charge in [0, 0.05) is 25.2 Å². The molecule has 3 aromatic rings. The van der Waals surface area contributed by atoms with Crippen molar-refractivity contribution >= 4 is 11.6 Å². The summed E-state index contributed by atoms with van der Waals surface area (Å²) < 4.78 is 7.69. The summed E-state index contributed by atoms with van der Waals surface area (Å²) >= 11 is 0. The molecule has 1 aliphatic rings. The average molecular weight is 382 g/mol. The Morgan fingerprint density at radius 2 is 2.00 bits per heavy atom. The molecule has 3 aromatic heterocycles. The van der Waals surface area contributed by atoms with Crippen molar-refractivity contribution in [2.24, 2.45) is 5.92 Å². The number of carbonyl (C=O) groups excluding carboxylic acids is 1. The number of aromatic amines is 1. The Hall–Kier alpha value is -3.23. The van der Waals surface area contributed by atoms with Gasteiger partial charge in [0.15, 0.2) is 5.65 Å². The van der Waals surface area contributed by atoms with Crippen molar-refractivity contribution in [3.05, 3.63) is 51.7 Å². The minimum atomic E-state index is -0.319. The molecule has 1 N–H and O–H groups in total. The molecule has 0 radical (unpaired) electrons. The van der Waals surface area contributed by atoms with Crippen LogP contribution in [-0.4, -0.2) is 55.3 Å². The number of rotatable bonds is 4. The molecule has 28 heavy (non-hydrogen) atoms. The quantitative estimate of drug-likeness (QED) is 0.730. The fourth-order valence-electron chi connectivity index (χ4n) is 3.35. The second-order valence-electron chi connectivity index (χ2n) is 7.08. The van der Waals surface area contributed by atoms with Crippen LogP contribution in [0.25, 0.3) is 5.65 Å². The van der Waals surface area contributed by atoms with Crippen molar-refractivity contribution in [2.75, 3.05) is 19.7 Å². The number of likely N-dealkylation sites (tertiary alicyclic amines) is 1. The number of carbonyl (C=O) groups is 1. The number of aryl methyl sites for hydroxylation is 2. The molecule has 0 atom stereocenters. The van der Waals surface area contributed by atoms with E-state index in [1.165, 1.54) is 12.1 Å². The molecule has 0 saturated carbocycles. The van der Waals surface area contributed by atoms with Crippen LogP contribution in [0.4, 0.5) is 0 Å². The Morgan fingerprint density at radius 3 is 2.71 bits per heavy atom. The molecule has 4 rings (SSSR count). The van der Waals surface area contributed by atoms with Gasteiger partial charge >= 0.3 is 0 Å². The third-order valence-electron chi connectivity index (χ3n) is 5.18. The van der Waals surface area contributed by atoms with Gasteiger partial charge in [0.1, 0.15) is 5.69 Å². The van der Waals surface area contributed by atoms with Crippen molar-refractivity contribution < 1.29 is 9.53 Å². The van der Waals surface area contributed by atoms with E-state index in [2.05, 4.69) is 20.3 Å². The minimum absolute atomic E-state index is 0.159. The van der Waals surface area contributed by atoms with Gasteiger partial charge in [-0.05, 0) is 44.7 Å². The predicted molar refractivity (Wildman–Crippen MR) is 101 cm³/mol. The van der Waals surface area contributed by atoms with Crippen LogP contribution >= 0.6 is 0 Å². The Morgan fingerprint density at radius 1 is 1.21 bits per heavy atom. The summed E-state index contributed by atoms with van der Waals surface area (Å²) in [5.74, 6) is 0.772. The summed E-state index contributed by atoms with van der Waals surface area (Å²) in [5, 5.41) is 10.6. The number of piperidine rings is 1. The Kier molecular flexibility index (Phi) is 4.81. The second kappa shape index (κ2) is 7.41. The van der Waals surface area contributed by atoms with E-state index in [0.29, 0.717) is 31.5 Å². The van der Waals surface area contributed by atoms with E-state index in [0.717, 1.165) is 29.9 Å². The SMILES string of the molecule is Cc1nc2ccc(OCC3CCN(C(=O)c4ccc(=O)[nH]n4)CC3)nn2c1C. The number of ether oxygens (including phenoxy) is 1. The molecule has 0 aromatic carbocycles. The van der Waals surface area contributed by atoms with Gasteiger partial charge in [-0.2, -0.15) is 5.10 Å². The lowest BCUT2D eigenvalue weighted by molar-refractivity contribution is 0.0652. The van der Waals surface area contributed by atoms with Crippen molar-refractivity contribution in [3.63, 3.8) is 0 Å². The Labute approximate surface area is 161 Å². The standard InChI is InChI=1S/C19H22N6O3/c1-12-13(2)25-16(20-12)4-6-18(23-25)28-11-14-7-9-24(10-8-14)19(27)15-3-5-17(26)22-21-15/h3-6,14H,7-11H2,1-2H3,(H,22,26). The average Bonchev–Trinajstić information content (AvgIpc) is 3.00. The monoisotopic (exact) mass is 382 g/mol. The maximum atomic E-state index is 12.4. The van der Waals surface area contributed by atoms with Crippen molar-refractivity contribution in [2.45, 2.75) is 26.7 Å². The number of H-pyrrole nitrogens is 1. The lowest BCUT2D eigenvalue weighted by Crippen LogP contribution is -2.40. The number of aromatic nitrogens is 5. The number of imidazole rings is 1. The van der Waals surface area contributed by atoms with Crippen LogP contribution in [0.1, 0.15) is 34.7 Å². The smallest absolute Gasteiger partial charge is 0.274 e. The molecule has 0 aliphatic carbocycles. The van der Waals surface area contributed by atoms with Gasteiger partial charge in [0.25, 0.3) is 11.5 Å². The van der Waals surface area contributed by atoms with E-state index in [1.54, 1.807) is 9.42 Å². The summed E-state index contributed by atoms with van der Waals surface area (Å²) in [6.45, 7) is 5.78. The number of hydrogen-bond acceptors (Lipinski definition) is 6. The number of amides is 1. The number of fused-ring (bicyclic) bond motifs is 1. The van der Waals surface area contributed by atoms with Gasteiger partial charge in [-0.25, -0.2) is 14.6 Å². The van der Waals surface area contributed by atoms with E-state index in [9.17, 15) is 9.59 Å². The third-order valence-corrected chi connectivity index (χ3v) is 5.18. The molecule has 1 aliphatic heterocycles. The zero-order valence-corrected chi connectivity index (χ0v) is 15.9. The summed E-state index contributed by atoms with van der Waals surface area (Å²) in [7, 11) is 0. The van der Waals surface area contributed by atoms with Gasteiger partial charge in [0.2, 0.25) is 5.88 Å². The Balaban J connectivity index is 1.32. The normalized spacial score (nSPS) is 15.1. The molecule has 0 unspecified atom stereocenters. The van der Waals surface area contributed by atoms with Crippen LogP contribution in [0.5, 0.6) is 5.88 Å². The van der Waals surface area contributed by atoms with Crippen LogP contribution in [-0.2, 0) is 0 Å². The molecule has 1 fully saturated rings. The van der Waals surface area contributed by atoms with E-state index in [4.69, 9.17) is 4.74 Å². The van der Waals surface area contributed by atoms with Crippen molar-refractivity contribution in [1.29, 1.82) is 0 Å².